The van der Waals surface area contributed by atoms with Crippen LogP contribution in [0.15, 0.2) is 48.8 Å². The summed E-state index contributed by atoms with van der Waals surface area (Å²) in [4.78, 5) is 15.9. The second-order valence-corrected chi connectivity index (χ2v) is 8.35. The van der Waals surface area contributed by atoms with E-state index in [-0.39, 0.29) is 0 Å². The second kappa shape index (κ2) is 9.58. The predicted molar refractivity (Wildman–Crippen MR) is 128 cm³/mol. The average Bonchev–Trinajstić information content (AvgIpc) is 3.35. The molecular formula is C26H28N4O3. The van der Waals surface area contributed by atoms with E-state index in [4.69, 9.17) is 14.2 Å². The van der Waals surface area contributed by atoms with Gasteiger partial charge in [-0.15, -0.1) is 0 Å². The topological polar surface area (TPSA) is 69.6 Å². The van der Waals surface area contributed by atoms with E-state index in [1.54, 1.807) is 7.11 Å². The molecule has 0 amide bonds. The molecule has 0 radical (unpaired) electrons. The molecule has 0 spiro atoms. The molecule has 5 rings (SSSR count). The molecule has 7 heteroatoms. The van der Waals surface area contributed by atoms with E-state index in [0.717, 1.165) is 40.3 Å². The van der Waals surface area contributed by atoms with Gasteiger partial charge in [0.1, 0.15) is 6.33 Å². The minimum atomic E-state index is 0.432. The van der Waals surface area contributed by atoms with Crippen LogP contribution in [0.3, 0.4) is 0 Å². The summed E-state index contributed by atoms with van der Waals surface area (Å²) in [6.07, 6.45) is 5.08. The Balaban J connectivity index is 1.37. The maximum atomic E-state index is 6.11. The maximum absolute atomic E-state index is 6.11. The summed E-state index contributed by atoms with van der Waals surface area (Å²) >= 11 is 0. The fourth-order valence-corrected chi connectivity index (χ4v) is 4.34. The fraction of sp³-hybridized carbons (Fsp3) is 0.346. The second-order valence-electron chi connectivity index (χ2n) is 8.35. The Bertz CT molecular complexity index is 1270. The number of hydrogen-bond donors (Lipinski definition) is 0. The molecule has 0 saturated carbocycles. The Kier molecular flexibility index (Phi) is 6.21. The molecule has 3 heterocycles. The standard InChI is InChI=1S/C26H28N4O3/c1-18-14-25(29-21-9-4-3-8-19(18)21)33-26-20-15-23(31-2)24(16-22(20)27-17-28-26)32-13-7-12-30-10-5-6-11-30/h3-4,8-9,14-17H,5-7,10-13H2,1-2H3. The predicted octanol–water partition coefficient (Wildman–Crippen LogP) is 5.15. The number of benzene rings is 2. The summed E-state index contributed by atoms with van der Waals surface area (Å²) in [5, 5.41) is 1.84. The molecule has 7 nitrogen and oxygen atoms in total. The summed E-state index contributed by atoms with van der Waals surface area (Å²) < 4.78 is 17.8. The smallest absolute Gasteiger partial charge is 0.232 e. The lowest BCUT2D eigenvalue weighted by molar-refractivity contribution is 0.254. The first-order valence-electron chi connectivity index (χ1n) is 11.4. The number of hydrogen-bond acceptors (Lipinski definition) is 7. The van der Waals surface area contributed by atoms with Crippen LogP contribution in [0, 0.1) is 6.92 Å². The molecule has 1 fully saturated rings. The first-order chi connectivity index (χ1) is 16.2. The number of aryl methyl sites for hydroxylation is 1. The summed E-state index contributed by atoms with van der Waals surface area (Å²) in [5.74, 6) is 2.23. The van der Waals surface area contributed by atoms with Crippen LogP contribution >= 0.6 is 0 Å². The van der Waals surface area contributed by atoms with Gasteiger partial charge < -0.3 is 19.1 Å². The Hall–Kier alpha value is -3.45. The molecule has 2 aromatic heterocycles. The molecule has 0 N–H and O–H groups in total. The molecule has 0 aliphatic carbocycles. The van der Waals surface area contributed by atoms with Crippen molar-refractivity contribution in [1.82, 2.24) is 19.9 Å². The minimum Gasteiger partial charge on any atom is -0.493 e. The van der Waals surface area contributed by atoms with Crippen molar-refractivity contribution >= 4 is 21.8 Å². The summed E-state index contributed by atoms with van der Waals surface area (Å²) in [7, 11) is 1.64. The molecule has 0 atom stereocenters. The van der Waals surface area contributed by atoms with E-state index in [1.807, 2.05) is 43.3 Å². The lowest BCUT2D eigenvalue weighted by atomic mass is 10.1. The number of methoxy groups -OCH3 is 1. The van der Waals surface area contributed by atoms with Crippen LogP contribution in [0.25, 0.3) is 21.8 Å². The third-order valence-electron chi connectivity index (χ3n) is 6.06. The number of para-hydroxylation sites is 1. The van der Waals surface area contributed by atoms with Gasteiger partial charge >= 0.3 is 0 Å². The van der Waals surface area contributed by atoms with Crippen molar-refractivity contribution in [1.29, 1.82) is 0 Å². The van der Waals surface area contributed by atoms with Gasteiger partial charge in [-0.3, -0.25) is 0 Å². The normalized spacial score (nSPS) is 14.1. The van der Waals surface area contributed by atoms with Crippen LogP contribution in [-0.2, 0) is 0 Å². The van der Waals surface area contributed by atoms with E-state index < -0.39 is 0 Å². The molecule has 2 aromatic carbocycles. The highest BCUT2D eigenvalue weighted by atomic mass is 16.5. The van der Waals surface area contributed by atoms with Crippen LogP contribution in [0.5, 0.6) is 23.3 Å². The van der Waals surface area contributed by atoms with Gasteiger partial charge in [-0.05, 0) is 57.0 Å². The number of aromatic nitrogens is 3. The lowest BCUT2D eigenvalue weighted by Gasteiger charge is -2.16. The first kappa shape index (κ1) is 21.4. The van der Waals surface area contributed by atoms with Crippen molar-refractivity contribution in [2.45, 2.75) is 26.2 Å². The van der Waals surface area contributed by atoms with Gasteiger partial charge in [-0.2, -0.15) is 0 Å². The molecule has 0 bridgehead atoms. The van der Waals surface area contributed by atoms with Crippen molar-refractivity contribution < 1.29 is 14.2 Å². The Morgan fingerprint density at radius 1 is 0.939 bits per heavy atom. The molecule has 0 unspecified atom stereocenters. The zero-order valence-corrected chi connectivity index (χ0v) is 19.1. The number of pyridine rings is 1. The van der Waals surface area contributed by atoms with Gasteiger partial charge in [0.25, 0.3) is 0 Å². The molecule has 1 aliphatic heterocycles. The number of fused-ring (bicyclic) bond motifs is 2. The van der Waals surface area contributed by atoms with Gasteiger partial charge in [0.15, 0.2) is 11.5 Å². The Morgan fingerprint density at radius 3 is 2.64 bits per heavy atom. The molecule has 170 valence electrons. The van der Waals surface area contributed by atoms with E-state index >= 15 is 0 Å². The van der Waals surface area contributed by atoms with Gasteiger partial charge in [-0.25, -0.2) is 15.0 Å². The highest BCUT2D eigenvalue weighted by Crippen LogP contribution is 2.36. The zero-order chi connectivity index (χ0) is 22.6. The lowest BCUT2D eigenvalue weighted by Crippen LogP contribution is -2.21. The highest BCUT2D eigenvalue weighted by Gasteiger charge is 2.15. The van der Waals surface area contributed by atoms with Crippen LogP contribution in [0.2, 0.25) is 0 Å². The van der Waals surface area contributed by atoms with Gasteiger partial charge in [0.05, 0.1) is 30.1 Å². The molecule has 4 aromatic rings. The van der Waals surface area contributed by atoms with Crippen molar-refractivity contribution in [3.05, 3.63) is 54.4 Å². The van der Waals surface area contributed by atoms with E-state index in [0.29, 0.717) is 29.9 Å². The van der Waals surface area contributed by atoms with Gasteiger partial charge in [-0.1, -0.05) is 18.2 Å². The van der Waals surface area contributed by atoms with Crippen molar-refractivity contribution in [2.24, 2.45) is 0 Å². The first-order valence-corrected chi connectivity index (χ1v) is 11.4. The summed E-state index contributed by atoms with van der Waals surface area (Å²) in [6.45, 7) is 6.14. The van der Waals surface area contributed by atoms with E-state index in [2.05, 4.69) is 25.9 Å². The van der Waals surface area contributed by atoms with Gasteiger partial charge in [0, 0.05) is 24.1 Å². The minimum absolute atomic E-state index is 0.432. The molecule has 1 saturated heterocycles. The van der Waals surface area contributed by atoms with Crippen molar-refractivity contribution in [3.63, 3.8) is 0 Å². The van der Waals surface area contributed by atoms with E-state index in [1.165, 1.54) is 32.3 Å². The zero-order valence-electron chi connectivity index (χ0n) is 19.1. The summed E-state index contributed by atoms with van der Waals surface area (Å²) in [6, 6.07) is 13.7. The molecular weight excluding hydrogens is 416 g/mol. The Labute approximate surface area is 193 Å². The third kappa shape index (κ3) is 4.68. The average molecular weight is 445 g/mol. The highest BCUT2D eigenvalue weighted by molar-refractivity contribution is 5.87. The van der Waals surface area contributed by atoms with Crippen molar-refractivity contribution in [2.75, 3.05) is 33.4 Å². The van der Waals surface area contributed by atoms with Crippen LogP contribution in [-0.4, -0.2) is 53.2 Å². The SMILES string of the molecule is COc1cc2c(Oc3cc(C)c4ccccc4n3)ncnc2cc1OCCCN1CCCC1. The summed E-state index contributed by atoms with van der Waals surface area (Å²) in [5.41, 5.74) is 2.71. The largest absolute Gasteiger partial charge is 0.493 e. The van der Waals surface area contributed by atoms with Gasteiger partial charge in [0.2, 0.25) is 11.8 Å². The van der Waals surface area contributed by atoms with E-state index in [9.17, 15) is 0 Å². The molecule has 33 heavy (non-hydrogen) atoms. The van der Waals surface area contributed by atoms with Crippen molar-refractivity contribution in [3.8, 4) is 23.3 Å². The van der Waals surface area contributed by atoms with Crippen LogP contribution in [0.1, 0.15) is 24.8 Å². The maximum Gasteiger partial charge on any atom is 0.232 e. The molecule has 1 aliphatic rings. The van der Waals surface area contributed by atoms with Crippen LogP contribution in [0.4, 0.5) is 0 Å². The number of ether oxygens (including phenoxy) is 3. The van der Waals surface area contributed by atoms with Crippen LogP contribution < -0.4 is 14.2 Å². The fourth-order valence-electron chi connectivity index (χ4n) is 4.34. The number of nitrogens with zero attached hydrogens (tertiary/aromatic N) is 4. The number of rotatable bonds is 8. The number of likely N-dealkylation sites (tertiary alicyclic amines) is 1. The Morgan fingerprint density at radius 2 is 1.79 bits per heavy atom. The monoisotopic (exact) mass is 444 g/mol. The quantitative estimate of drug-likeness (QED) is 0.348. The third-order valence-corrected chi connectivity index (χ3v) is 6.06.